The van der Waals surface area contributed by atoms with Gasteiger partial charge in [-0.15, -0.1) is 0 Å². The maximum atomic E-state index is 9.26. The zero-order valence-corrected chi connectivity index (χ0v) is 12.3. The highest BCUT2D eigenvalue weighted by Gasteiger charge is 2.24. The van der Waals surface area contributed by atoms with Crippen molar-refractivity contribution in [3.63, 3.8) is 0 Å². The first-order chi connectivity index (χ1) is 8.48. The third kappa shape index (κ3) is 11.0. The van der Waals surface area contributed by atoms with Gasteiger partial charge in [-0.2, -0.15) is 0 Å². The zero-order chi connectivity index (χ0) is 13.9. The Balaban J connectivity index is 3.17. The minimum absolute atomic E-state index is 0.522. The van der Waals surface area contributed by atoms with Gasteiger partial charge in [0.25, 0.3) is 0 Å². The van der Waals surface area contributed by atoms with Crippen LogP contribution in [0.2, 0.25) is 0 Å². The molecule has 0 rings (SSSR count). The largest absolute Gasteiger partial charge is 0.365 e. The second-order valence-electron chi connectivity index (χ2n) is 5.67. The molecule has 1 unspecified atom stereocenters. The normalized spacial score (nSPS) is 13.8. The van der Waals surface area contributed by atoms with Gasteiger partial charge in [0.15, 0.2) is 5.79 Å². The molecule has 0 aromatic carbocycles. The molecule has 0 radical (unpaired) electrons. The first kappa shape index (κ1) is 17.9. The monoisotopic (exact) mass is 259 g/mol. The molecule has 0 aromatic heterocycles. The van der Waals surface area contributed by atoms with Gasteiger partial charge < -0.3 is 15.9 Å². The van der Waals surface area contributed by atoms with Crippen LogP contribution in [0.5, 0.6) is 0 Å². The Morgan fingerprint density at radius 2 is 1.22 bits per heavy atom. The number of hydrogen-bond acceptors (Lipinski definition) is 3. The number of aliphatic hydroxyl groups is 2. The predicted octanol–water partition coefficient (Wildman–Crippen LogP) is 3.33. The van der Waals surface area contributed by atoms with Crippen molar-refractivity contribution in [1.29, 1.82) is 0 Å². The van der Waals surface area contributed by atoms with E-state index in [1.54, 1.807) is 0 Å². The highest BCUT2D eigenvalue weighted by molar-refractivity contribution is 4.73. The van der Waals surface area contributed by atoms with Crippen LogP contribution in [0.15, 0.2) is 0 Å². The molecular formula is C15H33NO2. The molecule has 0 aliphatic rings. The molecule has 3 nitrogen and oxygen atoms in total. The smallest absolute Gasteiger partial charge is 0.175 e. The second kappa shape index (κ2) is 10.8. The summed E-state index contributed by atoms with van der Waals surface area (Å²) in [5.41, 5.74) is 5.66. The molecule has 3 heteroatoms. The highest BCUT2D eigenvalue weighted by Crippen LogP contribution is 2.14. The summed E-state index contributed by atoms with van der Waals surface area (Å²) in [7, 11) is 0. The van der Waals surface area contributed by atoms with Crippen molar-refractivity contribution in [1.82, 2.24) is 0 Å². The van der Waals surface area contributed by atoms with E-state index in [0.717, 1.165) is 12.8 Å². The number of hydrogen-bond donors (Lipinski definition) is 3. The summed E-state index contributed by atoms with van der Waals surface area (Å²) >= 11 is 0. The van der Waals surface area contributed by atoms with E-state index in [2.05, 4.69) is 6.92 Å². The van der Waals surface area contributed by atoms with E-state index in [9.17, 15) is 10.2 Å². The third-order valence-electron chi connectivity index (χ3n) is 3.57. The zero-order valence-electron chi connectivity index (χ0n) is 12.3. The maximum absolute atomic E-state index is 9.26. The lowest BCUT2D eigenvalue weighted by atomic mass is 10.0. The quantitative estimate of drug-likeness (QED) is 0.372. The molecule has 18 heavy (non-hydrogen) atoms. The molecule has 0 fully saturated rings. The summed E-state index contributed by atoms with van der Waals surface area (Å²) < 4.78 is 0. The molecule has 0 saturated carbocycles. The summed E-state index contributed by atoms with van der Waals surface area (Å²) in [5, 5.41) is 18.5. The van der Waals surface area contributed by atoms with Gasteiger partial charge in [0, 0.05) is 0 Å². The lowest BCUT2D eigenvalue weighted by Gasteiger charge is -2.23. The average Bonchev–Trinajstić information content (AvgIpc) is 2.30. The lowest BCUT2D eigenvalue weighted by Crippen LogP contribution is -2.45. The Labute approximate surface area is 113 Å². The van der Waals surface area contributed by atoms with Gasteiger partial charge in [0.05, 0.1) is 6.04 Å². The maximum Gasteiger partial charge on any atom is 0.175 e. The predicted molar refractivity (Wildman–Crippen MR) is 77.3 cm³/mol. The van der Waals surface area contributed by atoms with Gasteiger partial charge in [0.2, 0.25) is 0 Å². The number of rotatable bonds is 12. The van der Waals surface area contributed by atoms with Crippen molar-refractivity contribution < 1.29 is 10.2 Å². The average molecular weight is 259 g/mol. The molecular weight excluding hydrogens is 226 g/mol. The van der Waals surface area contributed by atoms with Crippen LogP contribution in [0.4, 0.5) is 0 Å². The van der Waals surface area contributed by atoms with Gasteiger partial charge in [-0.1, -0.05) is 71.1 Å². The van der Waals surface area contributed by atoms with E-state index in [1.165, 1.54) is 58.3 Å². The third-order valence-corrected chi connectivity index (χ3v) is 3.57. The van der Waals surface area contributed by atoms with Crippen LogP contribution in [0.1, 0.15) is 84.5 Å². The minimum Gasteiger partial charge on any atom is -0.365 e. The lowest BCUT2D eigenvalue weighted by molar-refractivity contribution is -0.162. The van der Waals surface area contributed by atoms with Crippen LogP contribution in [0.3, 0.4) is 0 Å². The summed E-state index contributed by atoms with van der Waals surface area (Å²) in [4.78, 5) is 0. The van der Waals surface area contributed by atoms with Crippen LogP contribution < -0.4 is 5.73 Å². The Morgan fingerprint density at radius 3 is 1.61 bits per heavy atom. The second-order valence-corrected chi connectivity index (χ2v) is 5.67. The van der Waals surface area contributed by atoms with Crippen molar-refractivity contribution in [2.45, 2.75) is 96.3 Å². The molecule has 110 valence electrons. The fourth-order valence-corrected chi connectivity index (χ4v) is 2.13. The molecule has 0 amide bonds. The number of unbranched alkanes of at least 4 members (excludes halogenated alkanes) is 9. The van der Waals surface area contributed by atoms with E-state index in [0.29, 0.717) is 6.42 Å². The van der Waals surface area contributed by atoms with Crippen molar-refractivity contribution in [3.8, 4) is 0 Å². The number of nitrogens with two attached hydrogens (primary N) is 1. The highest BCUT2D eigenvalue weighted by atomic mass is 16.5. The van der Waals surface area contributed by atoms with Gasteiger partial charge in [-0.3, -0.25) is 0 Å². The van der Waals surface area contributed by atoms with Crippen molar-refractivity contribution >= 4 is 0 Å². The van der Waals surface area contributed by atoms with Gasteiger partial charge in [0.1, 0.15) is 0 Å². The van der Waals surface area contributed by atoms with E-state index in [4.69, 9.17) is 5.73 Å². The van der Waals surface area contributed by atoms with Gasteiger partial charge in [-0.05, 0) is 13.3 Å². The van der Waals surface area contributed by atoms with E-state index in [1.807, 2.05) is 0 Å². The van der Waals surface area contributed by atoms with Gasteiger partial charge >= 0.3 is 0 Å². The molecule has 0 aromatic rings. The van der Waals surface area contributed by atoms with Crippen LogP contribution in [-0.4, -0.2) is 22.0 Å². The first-order valence-corrected chi connectivity index (χ1v) is 7.68. The molecule has 0 spiro atoms. The van der Waals surface area contributed by atoms with Crippen LogP contribution >= 0.6 is 0 Å². The molecule has 0 saturated heterocycles. The molecule has 4 N–H and O–H groups in total. The SMILES string of the molecule is CCCCCCCCCCCCC(N)C(C)(O)O. The van der Waals surface area contributed by atoms with Crippen LogP contribution in [-0.2, 0) is 0 Å². The fourth-order valence-electron chi connectivity index (χ4n) is 2.13. The Morgan fingerprint density at radius 1 is 0.833 bits per heavy atom. The Bertz CT molecular complexity index is 178. The van der Waals surface area contributed by atoms with E-state index >= 15 is 0 Å². The molecule has 0 bridgehead atoms. The topological polar surface area (TPSA) is 66.5 Å². The standard InChI is InChI=1S/C15H33NO2/c1-3-4-5-6-7-8-9-10-11-12-13-14(16)15(2,17)18/h14,17-18H,3-13,16H2,1-2H3. The minimum atomic E-state index is -1.72. The Kier molecular flexibility index (Phi) is 10.7. The van der Waals surface area contributed by atoms with Gasteiger partial charge in [-0.25, -0.2) is 0 Å². The molecule has 0 aliphatic carbocycles. The van der Waals surface area contributed by atoms with E-state index < -0.39 is 11.8 Å². The van der Waals surface area contributed by atoms with Crippen LogP contribution in [0.25, 0.3) is 0 Å². The van der Waals surface area contributed by atoms with E-state index in [-0.39, 0.29) is 0 Å². The summed E-state index contributed by atoms with van der Waals surface area (Å²) in [5.74, 6) is -1.72. The molecule has 0 heterocycles. The van der Waals surface area contributed by atoms with Crippen molar-refractivity contribution in [2.24, 2.45) is 5.73 Å². The molecule has 1 atom stereocenters. The summed E-state index contributed by atoms with van der Waals surface area (Å²) in [6.07, 6.45) is 13.5. The van der Waals surface area contributed by atoms with Crippen LogP contribution in [0, 0.1) is 0 Å². The van der Waals surface area contributed by atoms with Crippen molar-refractivity contribution in [2.75, 3.05) is 0 Å². The first-order valence-electron chi connectivity index (χ1n) is 7.68. The Hall–Kier alpha value is -0.120. The summed E-state index contributed by atoms with van der Waals surface area (Å²) in [6.45, 7) is 3.60. The fraction of sp³-hybridized carbons (Fsp3) is 1.00. The van der Waals surface area contributed by atoms with Crippen molar-refractivity contribution in [3.05, 3.63) is 0 Å². The molecule has 0 aliphatic heterocycles. The summed E-state index contributed by atoms with van der Waals surface area (Å²) in [6, 6.07) is -0.522.